The summed E-state index contributed by atoms with van der Waals surface area (Å²) in [6.45, 7) is 5.10. The predicted octanol–water partition coefficient (Wildman–Crippen LogP) is 4.44. The number of amides is 2. The first kappa shape index (κ1) is 19.5. The number of hydrazine groups is 1. The van der Waals surface area contributed by atoms with E-state index in [2.05, 4.69) is 10.9 Å². The highest BCUT2D eigenvalue weighted by molar-refractivity contribution is 6.34. The molecule has 0 aromatic heterocycles. The summed E-state index contributed by atoms with van der Waals surface area (Å²) in [6.07, 6.45) is -0.793. The van der Waals surface area contributed by atoms with Gasteiger partial charge in [-0.25, -0.2) is 14.6 Å². The first-order valence-electron chi connectivity index (χ1n) is 7.66. The smallest absolute Gasteiger partial charge is 0.426 e. The predicted molar refractivity (Wildman–Crippen MR) is 94.8 cm³/mol. The zero-order valence-corrected chi connectivity index (χ0v) is 15.2. The van der Waals surface area contributed by atoms with E-state index in [0.29, 0.717) is 11.5 Å². The molecule has 0 bridgehead atoms. The fourth-order valence-electron chi connectivity index (χ4n) is 1.86. The number of hydrogen-bond acceptors (Lipinski definition) is 4. The van der Waals surface area contributed by atoms with Gasteiger partial charge in [0.2, 0.25) is 0 Å². The molecule has 0 aliphatic heterocycles. The van der Waals surface area contributed by atoms with Gasteiger partial charge in [0, 0.05) is 6.07 Å². The molecule has 0 atom stereocenters. The maximum absolute atomic E-state index is 12.9. The molecular weight excluding hydrogens is 363 g/mol. The topological polar surface area (TPSA) is 76.7 Å². The van der Waals surface area contributed by atoms with Crippen LogP contribution in [0.15, 0.2) is 42.5 Å². The number of benzene rings is 2. The SMILES string of the molecule is CC(C)(C)OC(=O)NNC(=O)c1ccc(Oc2ccc(F)cc2)cc1Cl. The van der Waals surface area contributed by atoms with E-state index in [0.717, 1.165) is 0 Å². The van der Waals surface area contributed by atoms with Crippen molar-refractivity contribution in [1.29, 1.82) is 0 Å². The minimum absolute atomic E-state index is 0.119. The Hall–Kier alpha value is -2.80. The summed E-state index contributed by atoms with van der Waals surface area (Å²) in [4.78, 5) is 23.6. The molecule has 0 aliphatic rings. The second-order valence-electron chi connectivity index (χ2n) is 6.28. The van der Waals surface area contributed by atoms with E-state index in [-0.39, 0.29) is 16.4 Å². The third-order valence-electron chi connectivity index (χ3n) is 2.91. The zero-order chi connectivity index (χ0) is 19.3. The number of nitrogens with one attached hydrogen (secondary N) is 2. The van der Waals surface area contributed by atoms with E-state index in [1.807, 2.05) is 0 Å². The van der Waals surface area contributed by atoms with Gasteiger partial charge < -0.3 is 9.47 Å². The van der Waals surface area contributed by atoms with E-state index in [1.165, 1.54) is 42.5 Å². The molecule has 0 saturated carbocycles. The van der Waals surface area contributed by atoms with Gasteiger partial charge in [0.05, 0.1) is 10.6 Å². The molecule has 6 nitrogen and oxygen atoms in total. The average molecular weight is 381 g/mol. The standard InChI is InChI=1S/C18H18ClFN2O4/c1-18(2,3)26-17(24)22-21-16(23)14-9-8-13(10-15(14)19)25-12-6-4-11(20)5-7-12/h4-10H,1-3H3,(H,21,23)(H,22,24). The average Bonchev–Trinajstić information content (AvgIpc) is 2.53. The maximum atomic E-state index is 12.9. The van der Waals surface area contributed by atoms with Gasteiger partial charge in [-0.1, -0.05) is 11.6 Å². The summed E-state index contributed by atoms with van der Waals surface area (Å²) in [5.41, 5.74) is 3.79. The summed E-state index contributed by atoms with van der Waals surface area (Å²) in [6, 6.07) is 9.86. The van der Waals surface area contributed by atoms with E-state index >= 15 is 0 Å². The highest BCUT2D eigenvalue weighted by Gasteiger charge is 2.17. The van der Waals surface area contributed by atoms with Crippen molar-refractivity contribution in [3.8, 4) is 11.5 Å². The molecule has 0 heterocycles. The quantitative estimate of drug-likeness (QED) is 0.772. The molecule has 2 rings (SSSR count). The highest BCUT2D eigenvalue weighted by Crippen LogP contribution is 2.27. The Morgan fingerprint density at radius 1 is 1.00 bits per heavy atom. The Balaban J connectivity index is 1.98. The van der Waals surface area contributed by atoms with E-state index < -0.39 is 17.6 Å². The first-order valence-corrected chi connectivity index (χ1v) is 8.04. The lowest BCUT2D eigenvalue weighted by Gasteiger charge is -2.19. The van der Waals surface area contributed by atoms with Crippen LogP contribution in [-0.2, 0) is 4.74 Å². The summed E-state index contributed by atoms with van der Waals surface area (Å²) in [7, 11) is 0. The van der Waals surface area contributed by atoms with Crippen molar-refractivity contribution in [2.75, 3.05) is 0 Å². The van der Waals surface area contributed by atoms with Gasteiger partial charge in [-0.3, -0.25) is 10.2 Å². The minimum Gasteiger partial charge on any atom is -0.457 e. The largest absolute Gasteiger partial charge is 0.457 e. The second kappa shape index (κ2) is 8.05. The molecule has 26 heavy (non-hydrogen) atoms. The van der Waals surface area contributed by atoms with Gasteiger partial charge in [0.1, 0.15) is 22.9 Å². The van der Waals surface area contributed by atoms with Crippen molar-refractivity contribution in [2.24, 2.45) is 0 Å². The lowest BCUT2D eigenvalue weighted by molar-refractivity contribution is 0.0483. The number of rotatable bonds is 3. The fourth-order valence-corrected chi connectivity index (χ4v) is 2.12. The van der Waals surface area contributed by atoms with Crippen molar-refractivity contribution in [1.82, 2.24) is 10.9 Å². The summed E-state index contributed by atoms with van der Waals surface area (Å²) in [5.74, 6) is -0.196. The normalized spacial score (nSPS) is 10.8. The van der Waals surface area contributed by atoms with Gasteiger partial charge in [0.25, 0.3) is 5.91 Å². The molecule has 8 heteroatoms. The van der Waals surface area contributed by atoms with Crippen LogP contribution in [0.1, 0.15) is 31.1 Å². The third kappa shape index (κ3) is 5.93. The Morgan fingerprint density at radius 3 is 2.19 bits per heavy atom. The van der Waals surface area contributed by atoms with Gasteiger partial charge in [0.15, 0.2) is 0 Å². The van der Waals surface area contributed by atoms with Gasteiger partial charge in [-0.2, -0.15) is 0 Å². The number of ether oxygens (including phenoxy) is 2. The summed E-state index contributed by atoms with van der Waals surface area (Å²) in [5, 5.41) is 0.119. The third-order valence-corrected chi connectivity index (χ3v) is 3.22. The number of hydrogen-bond donors (Lipinski definition) is 2. The number of halogens is 2. The van der Waals surface area contributed by atoms with Crippen LogP contribution in [0, 0.1) is 5.82 Å². The first-order chi connectivity index (χ1) is 12.1. The molecule has 0 spiro atoms. The van der Waals surface area contributed by atoms with Crippen LogP contribution in [-0.4, -0.2) is 17.6 Å². The van der Waals surface area contributed by atoms with Crippen LogP contribution in [0.3, 0.4) is 0 Å². The van der Waals surface area contributed by atoms with Crippen molar-refractivity contribution < 1.29 is 23.5 Å². The van der Waals surface area contributed by atoms with Crippen LogP contribution < -0.4 is 15.6 Å². The van der Waals surface area contributed by atoms with Crippen molar-refractivity contribution in [3.63, 3.8) is 0 Å². The monoisotopic (exact) mass is 380 g/mol. The Bertz CT molecular complexity index is 804. The van der Waals surface area contributed by atoms with Gasteiger partial charge in [-0.15, -0.1) is 0 Å². The molecule has 138 valence electrons. The van der Waals surface area contributed by atoms with E-state index in [1.54, 1.807) is 20.8 Å². The van der Waals surface area contributed by atoms with Crippen LogP contribution in [0.5, 0.6) is 11.5 Å². The summed E-state index contributed by atoms with van der Waals surface area (Å²) < 4.78 is 23.4. The molecule has 2 amide bonds. The lowest BCUT2D eigenvalue weighted by atomic mass is 10.2. The maximum Gasteiger partial charge on any atom is 0.426 e. The molecule has 0 fully saturated rings. The fraction of sp³-hybridized carbons (Fsp3) is 0.222. The van der Waals surface area contributed by atoms with Gasteiger partial charge >= 0.3 is 6.09 Å². The Morgan fingerprint density at radius 2 is 1.62 bits per heavy atom. The zero-order valence-electron chi connectivity index (χ0n) is 14.4. The molecular formula is C18H18ClFN2O4. The molecule has 2 aromatic carbocycles. The van der Waals surface area contributed by atoms with E-state index in [4.69, 9.17) is 21.1 Å². The number of carbonyl (C=O) groups excluding carboxylic acids is 2. The van der Waals surface area contributed by atoms with Crippen molar-refractivity contribution in [2.45, 2.75) is 26.4 Å². The van der Waals surface area contributed by atoms with Crippen LogP contribution in [0.25, 0.3) is 0 Å². The molecule has 0 aliphatic carbocycles. The van der Waals surface area contributed by atoms with Crippen molar-refractivity contribution in [3.05, 3.63) is 58.9 Å². The van der Waals surface area contributed by atoms with E-state index in [9.17, 15) is 14.0 Å². The van der Waals surface area contributed by atoms with Crippen LogP contribution in [0.2, 0.25) is 5.02 Å². The molecule has 2 aromatic rings. The van der Waals surface area contributed by atoms with Crippen LogP contribution in [0.4, 0.5) is 9.18 Å². The molecule has 0 radical (unpaired) electrons. The summed E-state index contributed by atoms with van der Waals surface area (Å²) >= 11 is 6.09. The lowest BCUT2D eigenvalue weighted by Crippen LogP contribution is -2.44. The van der Waals surface area contributed by atoms with Crippen molar-refractivity contribution >= 4 is 23.6 Å². The molecule has 2 N–H and O–H groups in total. The molecule has 0 unspecified atom stereocenters. The molecule has 0 saturated heterocycles. The van der Waals surface area contributed by atoms with Crippen LogP contribution >= 0.6 is 11.6 Å². The Labute approximate surface area is 155 Å². The minimum atomic E-state index is -0.793. The Kier molecular flexibility index (Phi) is 6.05. The van der Waals surface area contributed by atoms with Gasteiger partial charge in [-0.05, 0) is 57.2 Å². The number of carbonyl (C=O) groups is 2. The second-order valence-corrected chi connectivity index (χ2v) is 6.69. The highest BCUT2D eigenvalue weighted by atomic mass is 35.5.